The maximum atomic E-state index is 13.3. The lowest BCUT2D eigenvalue weighted by molar-refractivity contribution is -0.122. The molecule has 164 valence electrons. The fourth-order valence-electron chi connectivity index (χ4n) is 3.09. The Kier molecular flexibility index (Phi) is 7.67. The molecule has 1 N–H and O–H groups in total. The normalized spacial score (nSPS) is 14.9. The SMILES string of the molecule is C#CCOc1cc(Br)c(/C=C2\C(=O)NC(=S)N(c3ccc(CC)cc3)C2=O)cc1OCC. The van der Waals surface area contributed by atoms with Crippen molar-refractivity contribution >= 4 is 56.8 Å². The predicted molar refractivity (Wildman–Crippen MR) is 132 cm³/mol. The molecule has 2 aromatic rings. The van der Waals surface area contributed by atoms with Gasteiger partial charge in [0.05, 0.1) is 12.3 Å². The van der Waals surface area contributed by atoms with Gasteiger partial charge in [-0.3, -0.25) is 19.8 Å². The zero-order valence-corrected chi connectivity index (χ0v) is 20.0. The Morgan fingerprint density at radius 2 is 1.84 bits per heavy atom. The van der Waals surface area contributed by atoms with Gasteiger partial charge in [0.25, 0.3) is 11.8 Å². The number of terminal acetylenes is 1. The van der Waals surface area contributed by atoms with Gasteiger partial charge < -0.3 is 9.47 Å². The minimum Gasteiger partial charge on any atom is -0.490 e. The number of thiocarbonyl (C=S) groups is 1. The molecule has 1 saturated heterocycles. The van der Waals surface area contributed by atoms with E-state index in [4.69, 9.17) is 28.1 Å². The molecular weight excluding hydrogens is 492 g/mol. The van der Waals surface area contributed by atoms with Crippen LogP contribution in [0.15, 0.2) is 46.4 Å². The van der Waals surface area contributed by atoms with Gasteiger partial charge in [0.1, 0.15) is 12.2 Å². The highest BCUT2D eigenvalue weighted by Gasteiger charge is 2.34. The lowest BCUT2D eigenvalue weighted by atomic mass is 10.1. The average Bonchev–Trinajstić information content (AvgIpc) is 2.77. The number of ether oxygens (including phenoxy) is 2. The molecule has 2 amide bonds. The van der Waals surface area contributed by atoms with Crippen molar-refractivity contribution in [3.8, 4) is 23.8 Å². The second-order valence-electron chi connectivity index (χ2n) is 6.72. The van der Waals surface area contributed by atoms with Gasteiger partial charge >= 0.3 is 0 Å². The fourth-order valence-corrected chi connectivity index (χ4v) is 3.81. The third-order valence-corrected chi connectivity index (χ3v) is 5.65. The van der Waals surface area contributed by atoms with E-state index in [1.54, 1.807) is 24.3 Å². The van der Waals surface area contributed by atoms with Crippen LogP contribution in [0.3, 0.4) is 0 Å². The van der Waals surface area contributed by atoms with E-state index in [0.717, 1.165) is 12.0 Å². The summed E-state index contributed by atoms with van der Waals surface area (Å²) in [6.45, 7) is 4.37. The van der Waals surface area contributed by atoms with Gasteiger partial charge in [-0.2, -0.15) is 0 Å². The van der Waals surface area contributed by atoms with Crippen molar-refractivity contribution in [3.63, 3.8) is 0 Å². The number of amides is 2. The molecule has 1 heterocycles. The van der Waals surface area contributed by atoms with E-state index in [2.05, 4.69) is 27.2 Å². The van der Waals surface area contributed by atoms with E-state index < -0.39 is 11.8 Å². The molecule has 1 fully saturated rings. The van der Waals surface area contributed by atoms with E-state index in [1.165, 1.54) is 11.0 Å². The van der Waals surface area contributed by atoms with E-state index >= 15 is 0 Å². The second kappa shape index (κ2) is 10.4. The number of aryl methyl sites for hydroxylation is 1. The van der Waals surface area contributed by atoms with Crippen LogP contribution in [0.25, 0.3) is 6.08 Å². The summed E-state index contributed by atoms with van der Waals surface area (Å²) < 4.78 is 11.8. The topological polar surface area (TPSA) is 67.9 Å². The number of halogens is 1. The Morgan fingerprint density at radius 1 is 1.16 bits per heavy atom. The molecule has 0 unspecified atom stereocenters. The highest BCUT2D eigenvalue weighted by atomic mass is 79.9. The lowest BCUT2D eigenvalue weighted by Crippen LogP contribution is -2.54. The van der Waals surface area contributed by atoms with Crippen molar-refractivity contribution in [2.75, 3.05) is 18.1 Å². The van der Waals surface area contributed by atoms with Crippen molar-refractivity contribution in [1.82, 2.24) is 5.32 Å². The molecule has 0 spiro atoms. The van der Waals surface area contributed by atoms with Crippen molar-refractivity contribution in [2.45, 2.75) is 20.3 Å². The number of anilines is 1. The minimum absolute atomic E-state index is 0.0356. The smallest absolute Gasteiger partial charge is 0.270 e. The quantitative estimate of drug-likeness (QED) is 0.260. The van der Waals surface area contributed by atoms with E-state index in [9.17, 15) is 9.59 Å². The number of benzene rings is 2. The molecule has 0 saturated carbocycles. The second-order valence-corrected chi connectivity index (χ2v) is 7.97. The minimum atomic E-state index is -0.570. The summed E-state index contributed by atoms with van der Waals surface area (Å²) in [6, 6.07) is 10.8. The summed E-state index contributed by atoms with van der Waals surface area (Å²) in [4.78, 5) is 27.2. The average molecular weight is 513 g/mol. The Balaban J connectivity index is 2.01. The van der Waals surface area contributed by atoms with Crippen LogP contribution in [0.5, 0.6) is 11.5 Å². The number of hydrogen-bond acceptors (Lipinski definition) is 5. The third kappa shape index (κ3) is 5.01. The standard InChI is InChI=1S/C24H21BrN2O4S/c1-4-11-31-21-14-19(25)16(13-20(21)30-6-3)12-18-22(28)26-24(32)27(23(18)29)17-9-7-15(5-2)8-10-17/h1,7-10,12-14H,5-6,11H2,2-3H3,(H,26,28,32)/b18-12+. The summed E-state index contributed by atoms with van der Waals surface area (Å²) in [6.07, 6.45) is 7.64. The van der Waals surface area contributed by atoms with Gasteiger partial charge in [0.2, 0.25) is 0 Å². The van der Waals surface area contributed by atoms with Crippen molar-refractivity contribution in [3.05, 3.63) is 57.6 Å². The molecule has 0 aliphatic carbocycles. The highest BCUT2D eigenvalue weighted by molar-refractivity contribution is 9.10. The third-order valence-electron chi connectivity index (χ3n) is 4.68. The molecule has 32 heavy (non-hydrogen) atoms. The van der Waals surface area contributed by atoms with Gasteiger partial charge in [0.15, 0.2) is 16.6 Å². The molecule has 0 aromatic heterocycles. The lowest BCUT2D eigenvalue weighted by Gasteiger charge is -2.29. The number of rotatable bonds is 7. The summed E-state index contributed by atoms with van der Waals surface area (Å²) in [5.74, 6) is 2.23. The highest BCUT2D eigenvalue weighted by Crippen LogP contribution is 2.35. The molecule has 2 aromatic carbocycles. The molecule has 0 radical (unpaired) electrons. The van der Waals surface area contributed by atoms with Crippen LogP contribution in [-0.4, -0.2) is 30.1 Å². The monoisotopic (exact) mass is 512 g/mol. The van der Waals surface area contributed by atoms with Crippen LogP contribution in [0.1, 0.15) is 25.0 Å². The Morgan fingerprint density at radius 3 is 2.47 bits per heavy atom. The molecule has 3 rings (SSSR count). The van der Waals surface area contributed by atoms with Gasteiger partial charge in [-0.25, -0.2) is 0 Å². The molecule has 6 nitrogen and oxygen atoms in total. The zero-order chi connectivity index (χ0) is 23.3. The summed E-state index contributed by atoms with van der Waals surface area (Å²) >= 11 is 8.73. The van der Waals surface area contributed by atoms with Gasteiger partial charge in [-0.1, -0.05) is 40.9 Å². The van der Waals surface area contributed by atoms with Gasteiger partial charge in [-0.05, 0) is 67.0 Å². The summed E-state index contributed by atoms with van der Waals surface area (Å²) in [5, 5.41) is 2.63. The maximum absolute atomic E-state index is 13.3. The van der Waals surface area contributed by atoms with Crippen molar-refractivity contribution in [2.24, 2.45) is 0 Å². The van der Waals surface area contributed by atoms with Gasteiger partial charge in [-0.15, -0.1) is 6.42 Å². The summed E-state index contributed by atoms with van der Waals surface area (Å²) in [5.41, 5.74) is 2.21. The molecule has 0 bridgehead atoms. The predicted octanol–water partition coefficient (Wildman–Crippen LogP) is 4.25. The van der Waals surface area contributed by atoms with Crippen molar-refractivity contribution in [1.29, 1.82) is 0 Å². The van der Waals surface area contributed by atoms with Gasteiger partial charge in [0, 0.05) is 4.47 Å². The Bertz CT molecular complexity index is 1140. The molecule has 1 aliphatic rings. The van der Waals surface area contributed by atoms with E-state index in [1.807, 2.05) is 26.0 Å². The first-order chi connectivity index (χ1) is 15.4. The van der Waals surface area contributed by atoms with E-state index in [-0.39, 0.29) is 17.3 Å². The number of nitrogens with zero attached hydrogens (tertiary/aromatic N) is 1. The molecule has 1 aliphatic heterocycles. The number of carbonyl (C=O) groups excluding carboxylic acids is 2. The molecule has 0 atom stereocenters. The van der Waals surface area contributed by atoms with E-state index in [0.29, 0.717) is 33.8 Å². The maximum Gasteiger partial charge on any atom is 0.270 e. The number of nitrogens with one attached hydrogen (secondary N) is 1. The first-order valence-corrected chi connectivity index (χ1v) is 11.1. The van der Waals surface area contributed by atoms with Crippen LogP contribution in [-0.2, 0) is 16.0 Å². The Labute approximate surface area is 200 Å². The fraction of sp³-hybridized carbons (Fsp3) is 0.208. The Hall–Kier alpha value is -3.15. The molecular formula is C24H21BrN2O4S. The van der Waals surface area contributed by atoms with Crippen LogP contribution in [0, 0.1) is 12.3 Å². The zero-order valence-electron chi connectivity index (χ0n) is 17.6. The van der Waals surface area contributed by atoms with Crippen LogP contribution >= 0.6 is 28.1 Å². The number of hydrogen-bond donors (Lipinski definition) is 1. The first-order valence-electron chi connectivity index (χ1n) is 9.92. The van der Waals surface area contributed by atoms with Crippen LogP contribution in [0.4, 0.5) is 5.69 Å². The largest absolute Gasteiger partial charge is 0.490 e. The van der Waals surface area contributed by atoms with Crippen LogP contribution < -0.4 is 19.7 Å². The first kappa shape index (κ1) is 23.5. The number of carbonyl (C=O) groups is 2. The van der Waals surface area contributed by atoms with Crippen molar-refractivity contribution < 1.29 is 19.1 Å². The summed E-state index contributed by atoms with van der Waals surface area (Å²) in [7, 11) is 0. The molecule has 8 heteroatoms. The van der Waals surface area contributed by atoms with Crippen LogP contribution in [0.2, 0.25) is 0 Å².